The van der Waals surface area contributed by atoms with Crippen molar-refractivity contribution in [2.75, 3.05) is 5.73 Å². The predicted octanol–water partition coefficient (Wildman–Crippen LogP) is 8.48. The van der Waals surface area contributed by atoms with Crippen LogP contribution >= 0.6 is 0 Å². The van der Waals surface area contributed by atoms with Crippen molar-refractivity contribution in [3.8, 4) is 11.3 Å². The molecule has 4 N–H and O–H groups in total. The van der Waals surface area contributed by atoms with E-state index < -0.39 is 0 Å². The Balaban J connectivity index is 1.82. The maximum atomic E-state index is 6.69. The van der Waals surface area contributed by atoms with Gasteiger partial charge in [-0.2, -0.15) is 0 Å². The number of nitrogen functional groups attached to an aromatic ring is 1. The fraction of sp³-hybridized carbons (Fsp3) is 0.229. The number of hydrogen-bond donors (Lipinski definition) is 2. The number of pyridine rings is 1. The molecule has 5 aromatic rings. The van der Waals surface area contributed by atoms with Crippen LogP contribution in [0.4, 0.5) is 11.4 Å². The summed E-state index contributed by atoms with van der Waals surface area (Å²) in [6.07, 6.45) is 4.68. The molecule has 1 unspecified atom stereocenters. The van der Waals surface area contributed by atoms with E-state index in [9.17, 15) is 0 Å². The summed E-state index contributed by atoms with van der Waals surface area (Å²) in [6.45, 7) is 8.86. The highest BCUT2D eigenvalue weighted by atomic mass is 14.9. The Kier molecular flexibility index (Phi) is 7.65. The van der Waals surface area contributed by atoms with Crippen LogP contribution in [0.2, 0.25) is 0 Å². The zero-order valence-corrected chi connectivity index (χ0v) is 23.8. The summed E-state index contributed by atoms with van der Waals surface area (Å²) < 4.78 is 0. The molecular weight excluding hydrogens is 490 g/mol. The molecule has 1 atom stereocenters. The molecule has 0 radical (unpaired) electrons. The average Bonchev–Trinajstić information content (AvgIpc) is 2.97. The lowest BCUT2D eigenvalue weighted by molar-refractivity contribution is 0.416. The van der Waals surface area contributed by atoms with Gasteiger partial charge in [0.25, 0.3) is 0 Å². The smallest absolute Gasteiger partial charge is 0.133 e. The Morgan fingerprint density at radius 1 is 0.900 bits per heavy atom. The van der Waals surface area contributed by atoms with Crippen molar-refractivity contribution in [2.45, 2.75) is 52.4 Å². The molecule has 0 saturated carbocycles. The highest BCUT2D eigenvalue weighted by molar-refractivity contribution is 6.21. The summed E-state index contributed by atoms with van der Waals surface area (Å²) in [5.41, 5.74) is 20.6. The topological polar surface area (TPSA) is 89.6 Å². The van der Waals surface area contributed by atoms with Crippen LogP contribution in [0.1, 0.15) is 56.7 Å². The van der Waals surface area contributed by atoms with Crippen molar-refractivity contribution in [1.82, 2.24) is 4.98 Å². The lowest BCUT2D eigenvalue weighted by atomic mass is 9.75. The molecule has 202 valence electrons. The van der Waals surface area contributed by atoms with E-state index in [1.807, 2.05) is 61.5 Å². The van der Waals surface area contributed by atoms with Gasteiger partial charge in [0, 0.05) is 27.6 Å². The van der Waals surface area contributed by atoms with Gasteiger partial charge < -0.3 is 11.5 Å². The van der Waals surface area contributed by atoms with Crippen molar-refractivity contribution in [3.63, 3.8) is 0 Å². The summed E-state index contributed by atoms with van der Waals surface area (Å²) in [4.78, 5) is 14.5. The van der Waals surface area contributed by atoms with Gasteiger partial charge in [-0.1, -0.05) is 100.0 Å². The molecule has 0 aliphatic rings. The molecule has 0 amide bonds. The summed E-state index contributed by atoms with van der Waals surface area (Å²) >= 11 is 0. The molecule has 0 fully saturated rings. The van der Waals surface area contributed by atoms with E-state index in [2.05, 4.69) is 61.1 Å². The molecule has 40 heavy (non-hydrogen) atoms. The van der Waals surface area contributed by atoms with Gasteiger partial charge in [-0.25, -0.2) is 15.0 Å². The van der Waals surface area contributed by atoms with Gasteiger partial charge in [-0.05, 0) is 53.8 Å². The zero-order valence-electron chi connectivity index (χ0n) is 23.8. The van der Waals surface area contributed by atoms with Crippen molar-refractivity contribution >= 4 is 45.2 Å². The second kappa shape index (κ2) is 11.3. The molecule has 5 nitrogen and oxygen atoms in total. The van der Waals surface area contributed by atoms with E-state index in [0.717, 1.165) is 69.0 Å². The van der Waals surface area contributed by atoms with E-state index in [1.165, 1.54) is 5.56 Å². The summed E-state index contributed by atoms with van der Waals surface area (Å²) in [7, 11) is 0. The minimum Gasteiger partial charge on any atom is -0.398 e. The Bertz CT molecular complexity index is 1750. The number of rotatable bonds is 8. The Hall–Kier alpha value is -4.51. The molecule has 0 aliphatic carbocycles. The van der Waals surface area contributed by atoms with E-state index in [-0.39, 0.29) is 5.41 Å². The van der Waals surface area contributed by atoms with Crippen LogP contribution in [0, 0.1) is 6.92 Å². The molecule has 5 rings (SSSR count). The maximum absolute atomic E-state index is 6.69. The van der Waals surface area contributed by atoms with Gasteiger partial charge in [0.2, 0.25) is 0 Å². The normalized spacial score (nSPS) is 13.8. The van der Waals surface area contributed by atoms with Crippen molar-refractivity contribution in [1.29, 1.82) is 0 Å². The van der Waals surface area contributed by atoms with Crippen LogP contribution in [0.3, 0.4) is 0 Å². The number of anilines is 1. The van der Waals surface area contributed by atoms with Gasteiger partial charge >= 0.3 is 0 Å². The fourth-order valence-corrected chi connectivity index (χ4v) is 5.66. The Labute approximate surface area is 236 Å². The van der Waals surface area contributed by atoms with Gasteiger partial charge in [0.05, 0.1) is 16.9 Å². The molecule has 1 aromatic heterocycles. The average molecular weight is 528 g/mol. The first-order chi connectivity index (χ1) is 19.4. The molecule has 0 saturated heterocycles. The van der Waals surface area contributed by atoms with Crippen LogP contribution < -0.4 is 11.5 Å². The monoisotopic (exact) mass is 527 g/mol. The predicted molar refractivity (Wildman–Crippen MR) is 172 cm³/mol. The number of aryl methyl sites for hydroxylation is 1. The summed E-state index contributed by atoms with van der Waals surface area (Å²) in [5.74, 6) is 0.404. The molecule has 5 heteroatoms. The minimum atomic E-state index is -0.0430. The lowest BCUT2D eigenvalue weighted by Gasteiger charge is -2.30. The third kappa shape index (κ3) is 4.95. The zero-order chi connectivity index (χ0) is 28.3. The number of nitrogens with two attached hydrogens (primary N) is 2. The molecule has 0 spiro atoms. The van der Waals surface area contributed by atoms with Gasteiger partial charge in [-0.15, -0.1) is 0 Å². The van der Waals surface area contributed by atoms with Crippen LogP contribution in [-0.4, -0.2) is 17.2 Å². The van der Waals surface area contributed by atoms with Gasteiger partial charge in [0.1, 0.15) is 12.2 Å². The van der Waals surface area contributed by atoms with Crippen LogP contribution in [0.15, 0.2) is 94.9 Å². The van der Waals surface area contributed by atoms with Crippen LogP contribution in [0.5, 0.6) is 0 Å². The summed E-state index contributed by atoms with van der Waals surface area (Å²) in [5, 5.41) is 3.11. The molecule has 0 aliphatic heterocycles. The fourth-order valence-electron chi connectivity index (χ4n) is 5.66. The lowest BCUT2D eigenvalue weighted by Crippen LogP contribution is -2.23. The maximum Gasteiger partial charge on any atom is 0.133 e. The number of para-hydroxylation sites is 2. The van der Waals surface area contributed by atoms with Gasteiger partial charge in [0.15, 0.2) is 0 Å². The van der Waals surface area contributed by atoms with Crippen molar-refractivity contribution in [2.24, 2.45) is 15.7 Å². The first-order valence-electron chi connectivity index (χ1n) is 14.0. The largest absolute Gasteiger partial charge is 0.398 e. The number of aromatic nitrogens is 1. The van der Waals surface area contributed by atoms with E-state index in [4.69, 9.17) is 16.5 Å². The standard InChI is InChI=1S/C35H37N5/c1-5-21-35(4,6-2)28-20-19-27(34(37)39-22-38-30-18-12-7-13-23(30)3)31-24-14-8-9-15-25(24)32(40-33(28)31)26-16-10-11-17-29(26)36/h7-20,22H,5-6,21,36H2,1-4H3,(H2,37,38,39). The second-order valence-electron chi connectivity index (χ2n) is 10.7. The first-order valence-corrected chi connectivity index (χ1v) is 14.0. The number of nitrogens with zero attached hydrogens (tertiary/aromatic N) is 3. The highest BCUT2D eigenvalue weighted by Crippen LogP contribution is 2.42. The molecule has 4 aromatic carbocycles. The van der Waals surface area contributed by atoms with E-state index in [0.29, 0.717) is 11.5 Å². The van der Waals surface area contributed by atoms with Crippen molar-refractivity contribution in [3.05, 3.63) is 102 Å². The number of amidine groups is 1. The number of hydrogen-bond acceptors (Lipinski definition) is 3. The van der Waals surface area contributed by atoms with E-state index in [1.54, 1.807) is 6.34 Å². The Morgan fingerprint density at radius 3 is 2.33 bits per heavy atom. The first kappa shape index (κ1) is 27.1. The summed E-state index contributed by atoms with van der Waals surface area (Å²) in [6, 6.07) is 28.6. The third-order valence-electron chi connectivity index (χ3n) is 8.09. The minimum absolute atomic E-state index is 0.0430. The number of benzene rings is 4. The number of fused-ring (bicyclic) bond motifs is 3. The Morgan fingerprint density at radius 2 is 1.60 bits per heavy atom. The molecular formula is C35H37N5. The SMILES string of the molecule is CCCC(C)(CC)c1ccc(C(N)=NC=Nc2ccccc2C)c2c1nc(-c1ccccc1N)c1ccccc12. The van der Waals surface area contributed by atoms with Crippen LogP contribution in [0.25, 0.3) is 32.9 Å². The third-order valence-corrected chi connectivity index (χ3v) is 8.09. The molecule has 1 heterocycles. The van der Waals surface area contributed by atoms with Crippen molar-refractivity contribution < 1.29 is 0 Å². The quantitative estimate of drug-likeness (QED) is 0.0917. The molecule has 0 bridgehead atoms. The van der Waals surface area contributed by atoms with E-state index >= 15 is 0 Å². The van der Waals surface area contributed by atoms with Gasteiger partial charge in [-0.3, -0.25) is 0 Å². The second-order valence-corrected chi connectivity index (χ2v) is 10.7. The van der Waals surface area contributed by atoms with Crippen LogP contribution in [-0.2, 0) is 5.41 Å². The highest BCUT2D eigenvalue weighted by Gasteiger charge is 2.28. The number of aliphatic imine (C=N–C) groups is 2.